The Bertz CT molecular complexity index is 1770. The lowest BCUT2D eigenvalue weighted by atomic mass is 10.1. The molecule has 0 fully saturated rings. The number of carbonyl (C=O) groups is 2. The average Bonchev–Trinajstić information content (AvgIpc) is 3.71. The molecule has 2 amide bonds. The molecule has 0 aliphatic carbocycles. The van der Waals surface area contributed by atoms with Gasteiger partial charge < -0.3 is 19.8 Å². The van der Waals surface area contributed by atoms with Crippen LogP contribution in [0.2, 0.25) is 10.2 Å². The summed E-state index contributed by atoms with van der Waals surface area (Å²) < 4.78 is 11.3. The number of aromatic nitrogens is 7. The van der Waals surface area contributed by atoms with Crippen LogP contribution in [0.4, 0.5) is 10.5 Å². The number of ether oxygens (including phenoxy) is 2. The molecule has 0 saturated carbocycles. The number of rotatable bonds is 10. The van der Waals surface area contributed by atoms with Gasteiger partial charge in [0.1, 0.15) is 23.0 Å². The number of anilines is 1. The molecule has 5 rings (SSSR count). The Kier molecular flexibility index (Phi) is 9.47. The summed E-state index contributed by atoms with van der Waals surface area (Å²) in [6.45, 7) is 0. The maximum Gasteiger partial charge on any atom is 0.411 e. The first-order valence-electron chi connectivity index (χ1n) is 13.0. The van der Waals surface area contributed by atoms with Crippen LogP contribution in [0.25, 0.3) is 23.0 Å². The van der Waals surface area contributed by atoms with Crippen molar-refractivity contribution in [2.75, 3.05) is 19.5 Å². The van der Waals surface area contributed by atoms with Gasteiger partial charge in [0.15, 0.2) is 0 Å². The molecular formula is C29H25Cl2N9O4. The molecule has 3 N–H and O–H groups in total. The number of pyridine rings is 1. The largest absolute Gasteiger partial charge is 0.481 e. The number of hydrogen-bond acceptors (Lipinski definition) is 9. The van der Waals surface area contributed by atoms with Gasteiger partial charge in [-0.15, -0.1) is 5.10 Å². The van der Waals surface area contributed by atoms with E-state index >= 15 is 0 Å². The second kappa shape index (κ2) is 13.8. The number of tetrazole rings is 1. The molecule has 0 aliphatic heterocycles. The molecule has 0 spiro atoms. The second-order valence-corrected chi connectivity index (χ2v) is 10.1. The molecule has 1 unspecified atom stereocenters. The van der Waals surface area contributed by atoms with Crippen LogP contribution < -0.4 is 15.4 Å². The molecule has 224 valence electrons. The van der Waals surface area contributed by atoms with Gasteiger partial charge in [-0.2, -0.15) is 4.68 Å². The third-order valence-corrected chi connectivity index (χ3v) is 6.87. The van der Waals surface area contributed by atoms with Gasteiger partial charge in [-0.3, -0.25) is 10.1 Å². The van der Waals surface area contributed by atoms with E-state index in [1.54, 1.807) is 60.8 Å². The summed E-state index contributed by atoms with van der Waals surface area (Å²) >= 11 is 12.8. The lowest BCUT2D eigenvalue weighted by molar-refractivity contribution is -0.117. The van der Waals surface area contributed by atoms with Gasteiger partial charge in [0.05, 0.1) is 25.9 Å². The molecule has 0 bridgehead atoms. The number of benzene rings is 2. The Morgan fingerprint density at radius 3 is 2.59 bits per heavy atom. The number of H-pyrrole nitrogens is 1. The summed E-state index contributed by atoms with van der Waals surface area (Å²) in [5.74, 6) is 0.494. The molecule has 2 aromatic carbocycles. The Labute approximate surface area is 261 Å². The number of nitrogens with zero attached hydrogens (tertiary/aromatic N) is 6. The van der Waals surface area contributed by atoms with Crippen molar-refractivity contribution in [1.29, 1.82) is 0 Å². The molecule has 0 radical (unpaired) electrons. The predicted octanol–water partition coefficient (Wildman–Crippen LogP) is 5.05. The van der Waals surface area contributed by atoms with Crippen molar-refractivity contribution in [3.05, 3.63) is 100 Å². The Hall–Kier alpha value is -5.27. The summed E-state index contributed by atoms with van der Waals surface area (Å²) in [6.07, 6.45) is 5.87. The van der Waals surface area contributed by atoms with E-state index in [4.69, 9.17) is 32.9 Å². The van der Waals surface area contributed by atoms with Crippen LogP contribution in [0.3, 0.4) is 0 Å². The number of methoxy groups -OCH3 is 2. The molecule has 3 aromatic heterocycles. The Morgan fingerprint density at radius 2 is 1.91 bits per heavy atom. The van der Waals surface area contributed by atoms with Crippen LogP contribution in [-0.4, -0.2) is 61.4 Å². The SMILES string of the molecule is COC(=O)Nc1ccc(-c2nc(C(Cc3ccc(OC)nc3)NC(=O)C=Cc3cc(Cl)ccc3-n3cnnn3)[nH]c2Cl)cc1. The number of hydrogen-bond donors (Lipinski definition) is 3. The van der Waals surface area contributed by atoms with Crippen molar-refractivity contribution in [2.45, 2.75) is 12.5 Å². The van der Waals surface area contributed by atoms with Crippen molar-refractivity contribution in [3.63, 3.8) is 0 Å². The molecule has 0 aliphatic rings. The van der Waals surface area contributed by atoms with E-state index in [2.05, 4.69) is 40.9 Å². The van der Waals surface area contributed by atoms with Crippen LogP contribution in [0.5, 0.6) is 5.88 Å². The van der Waals surface area contributed by atoms with E-state index in [1.807, 2.05) is 6.07 Å². The molecule has 5 aromatic rings. The monoisotopic (exact) mass is 633 g/mol. The fraction of sp³-hybridized carbons (Fsp3) is 0.138. The van der Waals surface area contributed by atoms with Crippen LogP contribution in [-0.2, 0) is 16.0 Å². The molecule has 1 atom stereocenters. The number of aromatic amines is 1. The third-order valence-electron chi connectivity index (χ3n) is 6.36. The standard InChI is InChI=1S/C29H25Cl2N9O4/c1-43-25-12-3-17(15-32-25)13-22(28-36-26(27(31)37-28)18-4-8-21(9-5-18)34-29(42)44-2)35-24(41)11-6-19-14-20(30)7-10-23(19)40-16-33-38-39-40/h3-12,14-16,22H,13H2,1-2H3,(H,34,42)(H,35,41)(H,36,37). The first-order chi connectivity index (χ1) is 21.3. The number of amides is 2. The summed E-state index contributed by atoms with van der Waals surface area (Å²) in [4.78, 5) is 36.9. The number of imidazole rings is 1. The van der Waals surface area contributed by atoms with Crippen LogP contribution >= 0.6 is 23.2 Å². The zero-order valence-corrected chi connectivity index (χ0v) is 24.9. The number of halogens is 2. The van der Waals surface area contributed by atoms with Gasteiger partial charge in [-0.05, 0) is 52.4 Å². The van der Waals surface area contributed by atoms with Crippen LogP contribution in [0.1, 0.15) is 23.0 Å². The van der Waals surface area contributed by atoms with E-state index < -0.39 is 18.0 Å². The Morgan fingerprint density at radius 1 is 1.09 bits per heavy atom. The first-order valence-corrected chi connectivity index (χ1v) is 13.8. The van der Waals surface area contributed by atoms with Gasteiger partial charge >= 0.3 is 6.09 Å². The van der Waals surface area contributed by atoms with E-state index in [-0.39, 0.29) is 5.15 Å². The lowest BCUT2D eigenvalue weighted by Crippen LogP contribution is -2.29. The summed E-state index contributed by atoms with van der Waals surface area (Å²) in [5.41, 5.74) is 3.80. The highest BCUT2D eigenvalue weighted by molar-refractivity contribution is 6.32. The van der Waals surface area contributed by atoms with Crippen molar-refractivity contribution in [3.8, 4) is 22.8 Å². The van der Waals surface area contributed by atoms with Crippen molar-refractivity contribution in [2.24, 2.45) is 0 Å². The second-order valence-electron chi connectivity index (χ2n) is 9.24. The van der Waals surface area contributed by atoms with E-state index in [1.165, 1.54) is 31.3 Å². The average molecular weight is 634 g/mol. The van der Waals surface area contributed by atoms with Gasteiger partial charge in [-0.1, -0.05) is 41.4 Å². The maximum atomic E-state index is 13.3. The smallest absolute Gasteiger partial charge is 0.411 e. The van der Waals surface area contributed by atoms with Crippen LogP contribution in [0, 0.1) is 0 Å². The van der Waals surface area contributed by atoms with Crippen molar-refractivity contribution < 1.29 is 19.1 Å². The summed E-state index contributed by atoms with van der Waals surface area (Å²) in [6, 6.07) is 15.0. The fourth-order valence-electron chi connectivity index (χ4n) is 4.23. The zero-order valence-electron chi connectivity index (χ0n) is 23.4. The van der Waals surface area contributed by atoms with Gasteiger partial charge in [0, 0.05) is 46.6 Å². The lowest BCUT2D eigenvalue weighted by Gasteiger charge is -2.16. The summed E-state index contributed by atoms with van der Waals surface area (Å²) in [5, 5.41) is 17.6. The zero-order chi connectivity index (χ0) is 31.1. The van der Waals surface area contributed by atoms with Crippen molar-refractivity contribution in [1.82, 2.24) is 40.5 Å². The van der Waals surface area contributed by atoms with E-state index in [0.29, 0.717) is 51.3 Å². The predicted molar refractivity (Wildman–Crippen MR) is 164 cm³/mol. The quantitative estimate of drug-likeness (QED) is 0.179. The van der Waals surface area contributed by atoms with Crippen molar-refractivity contribution >= 4 is 47.0 Å². The topological polar surface area (TPSA) is 162 Å². The van der Waals surface area contributed by atoms with E-state index in [9.17, 15) is 9.59 Å². The highest BCUT2D eigenvalue weighted by atomic mass is 35.5. The highest BCUT2D eigenvalue weighted by Crippen LogP contribution is 2.30. The highest BCUT2D eigenvalue weighted by Gasteiger charge is 2.21. The maximum absolute atomic E-state index is 13.3. The molecule has 3 heterocycles. The van der Waals surface area contributed by atoms with Gasteiger partial charge in [0.2, 0.25) is 11.8 Å². The van der Waals surface area contributed by atoms with E-state index in [0.717, 1.165) is 5.56 Å². The summed E-state index contributed by atoms with van der Waals surface area (Å²) in [7, 11) is 2.82. The van der Waals surface area contributed by atoms with Gasteiger partial charge in [-0.25, -0.2) is 14.8 Å². The molecule has 0 saturated heterocycles. The minimum atomic E-state index is -0.618. The Balaban J connectivity index is 1.41. The van der Waals surface area contributed by atoms with Crippen LogP contribution in [0.15, 0.2) is 73.2 Å². The number of nitrogens with one attached hydrogen (secondary N) is 3. The first kappa shape index (κ1) is 30.2. The normalized spacial score (nSPS) is 11.7. The third kappa shape index (κ3) is 7.38. The van der Waals surface area contributed by atoms with Gasteiger partial charge in [0.25, 0.3) is 0 Å². The molecule has 13 nitrogen and oxygen atoms in total. The molecular weight excluding hydrogens is 609 g/mol. The number of carbonyl (C=O) groups excluding carboxylic acids is 2. The minimum absolute atomic E-state index is 0.279. The fourth-order valence-corrected chi connectivity index (χ4v) is 4.66. The minimum Gasteiger partial charge on any atom is -0.481 e. The molecule has 44 heavy (non-hydrogen) atoms. The molecule has 15 heteroatoms.